The molecule has 0 saturated carbocycles. The monoisotopic (exact) mass is 290 g/mol. The highest BCUT2D eigenvalue weighted by Gasteiger charge is 2.16. The van der Waals surface area contributed by atoms with Crippen molar-refractivity contribution in [2.45, 2.75) is 40.3 Å². The van der Waals surface area contributed by atoms with Gasteiger partial charge in [-0.05, 0) is 45.4 Å². The number of ether oxygens (including phenoxy) is 1. The molecule has 1 atom stereocenters. The SMILES string of the molecule is CCOc1cc(CNC(C)c2c(C)noc2C)ccc1O. The van der Waals surface area contributed by atoms with Gasteiger partial charge in [-0.3, -0.25) is 0 Å². The molecule has 1 aromatic heterocycles. The Hall–Kier alpha value is -2.01. The lowest BCUT2D eigenvalue weighted by molar-refractivity contribution is 0.317. The summed E-state index contributed by atoms with van der Waals surface area (Å²) in [5, 5.41) is 17.1. The van der Waals surface area contributed by atoms with Crippen molar-refractivity contribution in [2.75, 3.05) is 6.61 Å². The third-order valence-electron chi connectivity index (χ3n) is 3.46. The first-order chi connectivity index (χ1) is 10.0. The Labute approximate surface area is 124 Å². The van der Waals surface area contributed by atoms with Crippen molar-refractivity contribution in [3.63, 3.8) is 0 Å². The third kappa shape index (κ3) is 3.55. The number of phenols is 1. The maximum atomic E-state index is 9.70. The van der Waals surface area contributed by atoms with Gasteiger partial charge in [0, 0.05) is 18.2 Å². The Bertz CT molecular complexity index is 588. The maximum absolute atomic E-state index is 9.70. The molecule has 0 aliphatic heterocycles. The average molecular weight is 290 g/mol. The van der Waals surface area contributed by atoms with Crippen LogP contribution in [0.3, 0.4) is 0 Å². The molecular weight excluding hydrogens is 268 g/mol. The summed E-state index contributed by atoms with van der Waals surface area (Å²) < 4.78 is 10.6. The van der Waals surface area contributed by atoms with Crippen molar-refractivity contribution in [1.82, 2.24) is 10.5 Å². The smallest absolute Gasteiger partial charge is 0.161 e. The number of aromatic nitrogens is 1. The van der Waals surface area contributed by atoms with Gasteiger partial charge in [0.1, 0.15) is 5.76 Å². The van der Waals surface area contributed by atoms with Crippen LogP contribution in [0.2, 0.25) is 0 Å². The molecule has 0 saturated heterocycles. The molecule has 0 fully saturated rings. The number of nitrogens with zero attached hydrogens (tertiary/aromatic N) is 1. The van der Waals surface area contributed by atoms with Crippen LogP contribution in [0.25, 0.3) is 0 Å². The van der Waals surface area contributed by atoms with E-state index in [1.54, 1.807) is 6.07 Å². The van der Waals surface area contributed by atoms with Crippen LogP contribution in [0.1, 0.15) is 42.5 Å². The Balaban J connectivity index is 2.04. The third-order valence-corrected chi connectivity index (χ3v) is 3.46. The molecule has 1 aromatic carbocycles. The highest BCUT2D eigenvalue weighted by Crippen LogP contribution is 2.27. The van der Waals surface area contributed by atoms with Gasteiger partial charge in [0.2, 0.25) is 0 Å². The predicted octanol–water partition coefficient (Wildman–Crippen LogP) is 3.25. The number of benzene rings is 1. The van der Waals surface area contributed by atoms with E-state index in [-0.39, 0.29) is 11.8 Å². The maximum Gasteiger partial charge on any atom is 0.161 e. The summed E-state index contributed by atoms with van der Waals surface area (Å²) in [7, 11) is 0. The molecule has 1 unspecified atom stereocenters. The van der Waals surface area contributed by atoms with Crippen molar-refractivity contribution >= 4 is 0 Å². The van der Waals surface area contributed by atoms with E-state index in [4.69, 9.17) is 9.26 Å². The van der Waals surface area contributed by atoms with Gasteiger partial charge in [-0.15, -0.1) is 0 Å². The van der Waals surface area contributed by atoms with Crippen LogP contribution in [0.4, 0.5) is 0 Å². The molecule has 114 valence electrons. The Morgan fingerprint density at radius 1 is 1.38 bits per heavy atom. The molecule has 0 aliphatic rings. The second-order valence-corrected chi connectivity index (χ2v) is 5.08. The zero-order valence-electron chi connectivity index (χ0n) is 12.9. The second kappa shape index (κ2) is 6.63. The van der Waals surface area contributed by atoms with Crippen molar-refractivity contribution in [2.24, 2.45) is 0 Å². The summed E-state index contributed by atoms with van der Waals surface area (Å²) in [6, 6.07) is 5.53. The van der Waals surface area contributed by atoms with Crippen molar-refractivity contribution < 1.29 is 14.4 Å². The zero-order chi connectivity index (χ0) is 15.4. The summed E-state index contributed by atoms with van der Waals surface area (Å²) in [6.45, 7) is 9.03. The molecule has 21 heavy (non-hydrogen) atoms. The van der Waals surface area contributed by atoms with E-state index in [1.165, 1.54) is 0 Å². The molecule has 1 heterocycles. The van der Waals surface area contributed by atoms with Gasteiger partial charge in [-0.25, -0.2) is 0 Å². The molecule has 2 N–H and O–H groups in total. The van der Waals surface area contributed by atoms with Gasteiger partial charge in [-0.2, -0.15) is 0 Å². The van der Waals surface area contributed by atoms with Crippen LogP contribution in [0.5, 0.6) is 11.5 Å². The normalized spacial score (nSPS) is 12.4. The van der Waals surface area contributed by atoms with Gasteiger partial charge in [-0.1, -0.05) is 11.2 Å². The van der Waals surface area contributed by atoms with Gasteiger partial charge >= 0.3 is 0 Å². The Kier molecular flexibility index (Phi) is 4.85. The quantitative estimate of drug-likeness (QED) is 0.854. The van der Waals surface area contributed by atoms with E-state index >= 15 is 0 Å². The van der Waals surface area contributed by atoms with Crippen molar-refractivity contribution in [1.29, 1.82) is 0 Å². The first kappa shape index (κ1) is 15.4. The number of nitrogens with one attached hydrogen (secondary N) is 1. The molecule has 5 heteroatoms. The summed E-state index contributed by atoms with van der Waals surface area (Å²) in [6.07, 6.45) is 0. The van der Waals surface area contributed by atoms with Crippen LogP contribution >= 0.6 is 0 Å². The fraction of sp³-hybridized carbons (Fsp3) is 0.438. The second-order valence-electron chi connectivity index (χ2n) is 5.08. The van der Waals surface area contributed by atoms with E-state index in [9.17, 15) is 5.11 Å². The van der Waals surface area contributed by atoms with E-state index in [0.29, 0.717) is 18.9 Å². The van der Waals surface area contributed by atoms with Crippen LogP contribution in [0.15, 0.2) is 22.7 Å². The lowest BCUT2D eigenvalue weighted by Gasteiger charge is -2.14. The summed E-state index contributed by atoms with van der Waals surface area (Å²) in [4.78, 5) is 0. The van der Waals surface area contributed by atoms with Gasteiger partial charge in [0.05, 0.1) is 12.3 Å². The predicted molar refractivity (Wildman–Crippen MR) is 80.5 cm³/mol. The summed E-state index contributed by atoms with van der Waals surface area (Å²) >= 11 is 0. The van der Waals surface area contributed by atoms with Gasteiger partial charge in [0.15, 0.2) is 11.5 Å². The highest BCUT2D eigenvalue weighted by atomic mass is 16.5. The van der Waals surface area contributed by atoms with Crippen LogP contribution in [-0.2, 0) is 6.54 Å². The number of phenolic OH excluding ortho intramolecular Hbond substituents is 1. The van der Waals surface area contributed by atoms with Crippen molar-refractivity contribution in [3.8, 4) is 11.5 Å². The molecular formula is C16H22N2O3. The fourth-order valence-corrected chi connectivity index (χ4v) is 2.42. The number of hydrogen-bond acceptors (Lipinski definition) is 5. The molecule has 0 bridgehead atoms. The molecule has 0 spiro atoms. The highest BCUT2D eigenvalue weighted by molar-refractivity contribution is 5.41. The minimum atomic E-state index is 0.139. The topological polar surface area (TPSA) is 67.5 Å². The number of aromatic hydroxyl groups is 1. The molecule has 0 amide bonds. The summed E-state index contributed by atoms with van der Waals surface area (Å²) in [5.74, 6) is 1.52. The Morgan fingerprint density at radius 2 is 2.14 bits per heavy atom. The van der Waals surface area contributed by atoms with E-state index in [0.717, 1.165) is 22.6 Å². The summed E-state index contributed by atoms with van der Waals surface area (Å²) in [5.41, 5.74) is 3.06. The largest absolute Gasteiger partial charge is 0.504 e. The zero-order valence-corrected chi connectivity index (χ0v) is 12.9. The van der Waals surface area contributed by atoms with Crippen LogP contribution in [-0.4, -0.2) is 16.9 Å². The Morgan fingerprint density at radius 3 is 2.76 bits per heavy atom. The number of hydrogen-bond donors (Lipinski definition) is 2. The molecule has 0 aliphatic carbocycles. The van der Waals surface area contributed by atoms with Crippen LogP contribution < -0.4 is 10.1 Å². The lowest BCUT2D eigenvalue weighted by Crippen LogP contribution is -2.19. The van der Waals surface area contributed by atoms with Gasteiger partial charge in [0.25, 0.3) is 0 Å². The van der Waals surface area contributed by atoms with Crippen LogP contribution in [0, 0.1) is 13.8 Å². The van der Waals surface area contributed by atoms with E-state index in [1.807, 2.05) is 32.9 Å². The number of rotatable bonds is 6. The van der Waals surface area contributed by atoms with E-state index in [2.05, 4.69) is 17.4 Å². The van der Waals surface area contributed by atoms with Gasteiger partial charge < -0.3 is 19.7 Å². The molecule has 2 aromatic rings. The minimum absolute atomic E-state index is 0.139. The first-order valence-corrected chi connectivity index (χ1v) is 7.13. The van der Waals surface area contributed by atoms with E-state index < -0.39 is 0 Å². The molecule has 0 radical (unpaired) electrons. The molecule has 5 nitrogen and oxygen atoms in total. The van der Waals surface area contributed by atoms with Crippen molar-refractivity contribution in [3.05, 3.63) is 40.8 Å². The number of aryl methyl sites for hydroxylation is 2. The minimum Gasteiger partial charge on any atom is -0.504 e. The fourth-order valence-electron chi connectivity index (χ4n) is 2.42. The average Bonchev–Trinajstić information content (AvgIpc) is 2.79. The first-order valence-electron chi connectivity index (χ1n) is 7.13. The lowest BCUT2D eigenvalue weighted by atomic mass is 10.1. The molecule has 2 rings (SSSR count). The standard InChI is InChI=1S/C16H22N2O3/c1-5-20-15-8-13(6-7-14(15)19)9-17-10(2)16-11(3)18-21-12(16)4/h6-8,10,17,19H,5,9H2,1-4H3.